The molecule has 2 aliphatic heterocycles. The van der Waals surface area contributed by atoms with Crippen LogP contribution in [0.25, 0.3) is 0 Å². The average molecular weight is 289 g/mol. The monoisotopic (exact) mass is 289 g/mol. The highest BCUT2D eigenvalue weighted by Gasteiger charge is 2.26. The van der Waals surface area contributed by atoms with Crippen LogP contribution < -0.4 is 5.32 Å². The number of piperazine rings is 1. The molecule has 6 nitrogen and oxygen atoms in total. The first-order valence-electron chi connectivity index (χ1n) is 7.25. The van der Waals surface area contributed by atoms with Gasteiger partial charge in [0.1, 0.15) is 0 Å². The molecule has 1 saturated heterocycles. The highest BCUT2D eigenvalue weighted by Crippen LogP contribution is 2.21. The topological polar surface area (TPSA) is 72.9 Å². The molecular weight excluding hydrogens is 270 g/mol. The fourth-order valence-corrected chi connectivity index (χ4v) is 2.91. The molecule has 0 aliphatic carbocycles. The van der Waals surface area contributed by atoms with Crippen molar-refractivity contribution in [2.45, 2.75) is 13.0 Å². The van der Waals surface area contributed by atoms with Crippen LogP contribution in [-0.4, -0.2) is 59.6 Å². The van der Waals surface area contributed by atoms with E-state index < -0.39 is 5.97 Å². The summed E-state index contributed by atoms with van der Waals surface area (Å²) < 4.78 is 0. The summed E-state index contributed by atoms with van der Waals surface area (Å²) in [7, 11) is 0. The van der Waals surface area contributed by atoms with Crippen LogP contribution in [0.5, 0.6) is 0 Å². The summed E-state index contributed by atoms with van der Waals surface area (Å²) in [5.74, 6) is -0.927. The standard InChI is InChI=1S/C15H19N3O3/c19-14(20)12-2-1-11-3-6-18(10-13(11)9-12)15(21)17-7-4-16-5-8-17/h1-2,9,16H,3-8,10H2,(H,19,20). The van der Waals surface area contributed by atoms with Crippen molar-refractivity contribution in [1.82, 2.24) is 15.1 Å². The molecule has 2 amide bonds. The predicted molar refractivity (Wildman–Crippen MR) is 77.4 cm³/mol. The second-order valence-electron chi connectivity index (χ2n) is 5.48. The number of carbonyl (C=O) groups excluding carboxylic acids is 1. The van der Waals surface area contributed by atoms with E-state index >= 15 is 0 Å². The van der Waals surface area contributed by atoms with Gasteiger partial charge < -0.3 is 20.2 Å². The first kappa shape index (κ1) is 13.9. The molecule has 0 saturated carbocycles. The van der Waals surface area contributed by atoms with Crippen LogP contribution in [0.2, 0.25) is 0 Å². The quantitative estimate of drug-likeness (QED) is 0.801. The number of carboxylic acid groups (broad SMARTS) is 1. The third kappa shape index (κ3) is 2.85. The summed E-state index contributed by atoms with van der Waals surface area (Å²) >= 11 is 0. The van der Waals surface area contributed by atoms with Gasteiger partial charge in [0.2, 0.25) is 0 Å². The summed E-state index contributed by atoms with van der Waals surface area (Å²) in [6.45, 7) is 4.33. The lowest BCUT2D eigenvalue weighted by atomic mass is 9.97. The minimum absolute atomic E-state index is 0.0582. The molecule has 112 valence electrons. The normalized spacial score (nSPS) is 18.3. The van der Waals surface area contributed by atoms with Crippen LogP contribution in [0.15, 0.2) is 18.2 Å². The van der Waals surface area contributed by atoms with E-state index in [4.69, 9.17) is 5.11 Å². The third-order valence-electron chi connectivity index (χ3n) is 4.12. The SMILES string of the molecule is O=C(O)c1ccc2c(c1)CN(C(=O)N1CCNCC1)CC2. The maximum Gasteiger partial charge on any atom is 0.335 e. The number of urea groups is 1. The maximum atomic E-state index is 12.5. The fraction of sp³-hybridized carbons (Fsp3) is 0.467. The van der Waals surface area contributed by atoms with Gasteiger partial charge in [-0.15, -0.1) is 0 Å². The Labute approximate surface area is 123 Å². The molecule has 1 fully saturated rings. The molecule has 0 unspecified atom stereocenters. The van der Waals surface area contributed by atoms with Gasteiger partial charge in [0.05, 0.1) is 5.56 Å². The zero-order chi connectivity index (χ0) is 14.8. The lowest BCUT2D eigenvalue weighted by molar-refractivity contribution is 0.0696. The zero-order valence-corrected chi connectivity index (χ0v) is 11.8. The van der Waals surface area contributed by atoms with Crippen molar-refractivity contribution in [3.05, 3.63) is 34.9 Å². The van der Waals surface area contributed by atoms with Crippen LogP contribution in [-0.2, 0) is 13.0 Å². The van der Waals surface area contributed by atoms with Gasteiger partial charge in [-0.3, -0.25) is 0 Å². The van der Waals surface area contributed by atoms with Gasteiger partial charge in [-0.1, -0.05) is 6.07 Å². The van der Waals surface area contributed by atoms with E-state index in [1.165, 1.54) is 0 Å². The average Bonchev–Trinajstić information content (AvgIpc) is 2.54. The Balaban J connectivity index is 1.75. The van der Waals surface area contributed by atoms with E-state index in [0.717, 1.165) is 43.7 Å². The van der Waals surface area contributed by atoms with Gasteiger partial charge in [-0.2, -0.15) is 0 Å². The molecule has 2 N–H and O–H groups in total. The second-order valence-corrected chi connectivity index (χ2v) is 5.48. The van der Waals surface area contributed by atoms with Crippen molar-refractivity contribution in [2.24, 2.45) is 0 Å². The Morgan fingerprint density at radius 1 is 1.05 bits per heavy atom. The zero-order valence-electron chi connectivity index (χ0n) is 11.8. The largest absolute Gasteiger partial charge is 0.478 e. The second kappa shape index (κ2) is 5.73. The number of hydrogen-bond acceptors (Lipinski definition) is 3. The molecule has 21 heavy (non-hydrogen) atoms. The van der Waals surface area contributed by atoms with E-state index in [1.54, 1.807) is 12.1 Å². The molecule has 1 aromatic rings. The molecule has 6 heteroatoms. The molecule has 3 rings (SSSR count). The minimum Gasteiger partial charge on any atom is -0.478 e. The Hall–Kier alpha value is -2.08. The van der Waals surface area contributed by atoms with E-state index in [1.807, 2.05) is 15.9 Å². The Morgan fingerprint density at radius 2 is 1.81 bits per heavy atom. The van der Waals surface area contributed by atoms with Crippen LogP contribution in [0.4, 0.5) is 4.79 Å². The van der Waals surface area contributed by atoms with Gasteiger partial charge in [0, 0.05) is 39.3 Å². The molecular formula is C15H19N3O3. The summed E-state index contributed by atoms with van der Waals surface area (Å²) in [5.41, 5.74) is 2.37. The number of carbonyl (C=O) groups is 2. The van der Waals surface area contributed by atoms with Gasteiger partial charge in [-0.25, -0.2) is 9.59 Å². The molecule has 1 aromatic carbocycles. The Morgan fingerprint density at radius 3 is 2.52 bits per heavy atom. The van der Waals surface area contributed by atoms with Gasteiger partial charge in [0.25, 0.3) is 0 Å². The molecule has 2 heterocycles. The summed E-state index contributed by atoms with van der Waals surface area (Å²) in [4.78, 5) is 27.2. The summed E-state index contributed by atoms with van der Waals surface area (Å²) in [6, 6.07) is 5.25. The van der Waals surface area contributed by atoms with Crippen molar-refractivity contribution in [3.8, 4) is 0 Å². The number of amides is 2. The van der Waals surface area contributed by atoms with E-state index in [-0.39, 0.29) is 11.6 Å². The molecule has 0 aromatic heterocycles. The molecule has 0 bridgehead atoms. The number of nitrogens with one attached hydrogen (secondary N) is 1. The first-order chi connectivity index (χ1) is 10.1. The van der Waals surface area contributed by atoms with Gasteiger partial charge in [-0.05, 0) is 29.7 Å². The molecule has 0 spiro atoms. The van der Waals surface area contributed by atoms with E-state index in [9.17, 15) is 9.59 Å². The van der Waals surface area contributed by atoms with Crippen LogP contribution in [0.3, 0.4) is 0 Å². The third-order valence-corrected chi connectivity index (χ3v) is 4.12. The highest BCUT2D eigenvalue weighted by molar-refractivity contribution is 5.88. The van der Waals surface area contributed by atoms with Crippen molar-refractivity contribution < 1.29 is 14.7 Å². The van der Waals surface area contributed by atoms with Crippen molar-refractivity contribution in [3.63, 3.8) is 0 Å². The number of fused-ring (bicyclic) bond motifs is 1. The number of carboxylic acids is 1. The fourth-order valence-electron chi connectivity index (χ4n) is 2.91. The van der Waals surface area contributed by atoms with E-state index in [0.29, 0.717) is 13.1 Å². The lowest BCUT2D eigenvalue weighted by Gasteiger charge is -2.35. The smallest absolute Gasteiger partial charge is 0.335 e. The number of benzene rings is 1. The number of hydrogen-bond donors (Lipinski definition) is 2. The number of nitrogens with zero attached hydrogens (tertiary/aromatic N) is 2. The Kier molecular flexibility index (Phi) is 3.79. The molecule has 2 aliphatic rings. The summed E-state index contributed by atoms with van der Waals surface area (Å²) in [6.07, 6.45) is 0.785. The van der Waals surface area contributed by atoms with Crippen molar-refractivity contribution >= 4 is 12.0 Å². The predicted octanol–water partition coefficient (Wildman–Crippen LogP) is 0.768. The maximum absolute atomic E-state index is 12.5. The number of rotatable bonds is 1. The van der Waals surface area contributed by atoms with Gasteiger partial charge >= 0.3 is 12.0 Å². The lowest BCUT2D eigenvalue weighted by Crippen LogP contribution is -2.52. The highest BCUT2D eigenvalue weighted by atomic mass is 16.4. The van der Waals surface area contributed by atoms with Crippen LogP contribution >= 0.6 is 0 Å². The van der Waals surface area contributed by atoms with Crippen LogP contribution in [0, 0.1) is 0 Å². The number of aromatic carboxylic acids is 1. The molecule has 0 atom stereocenters. The van der Waals surface area contributed by atoms with Gasteiger partial charge in [0.15, 0.2) is 0 Å². The minimum atomic E-state index is -0.927. The Bertz CT molecular complexity index is 567. The van der Waals surface area contributed by atoms with Crippen molar-refractivity contribution in [2.75, 3.05) is 32.7 Å². The summed E-state index contributed by atoms with van der Waals surface area (Å²) in [5, 5.41) is 12.3. The van der Waals surface area contributed by atoms with E-state index in [2.05, 4.69) is 5.32 Å². The van der Waals surface area contributed by atoms with Crippen molar-refractivity contribution in [1.29, 1.82) is 0 Å². The molecule has 0 radical (unpaired) electrons. The first-order valence-corrected chi connectivity index (χ1v) is 7.25. The van der Waals surface area contributed by atoms with Crippen LogP contribution in [0.1, 0.15) is 21.5 Å².